The van der Waals surface area contributed by atoms with Crippen LogP contribution in [-0.4, -0.2) is 48.4 Å². The van der Waals surface area contributed by atoms with E-state index in [0.29, 0.717) is 6.54 Å². The summed E-state index contributed by atoms with van der Waals surface area (Å²) in [6, 6.07) is 6.16. The Hall–Kier alpha value is -2.63. The molecule has 0 spiro atoms. The molecule has 2 atom stereocenters. The third kappa shape index (κ3) is 4.89. The van der Waals surface area contributed by atoms with E-state index in [0.717, 1.165) is 37.6 Å². The summed E-state index contributed by atoms with van der Waals surface area (Å²) < 4.78 is 62.3. The number of hydrogen-bond acceptors (Lipinski definition) is 6. The third-order valence-electron chi connectivity index (χ3n) is 6.80. The van der Waals surface area contributed by atoms with Crippen LogP contribution in [0, 0.1) is 11.2 Å². The van der Waals surface area contributed by atoms with Crippen LogP contribution in [0.5, 0.6) is 11.5 Å². The van der Waals surface area contributed by atoms with E-state index in [2.05, 4.69) is 20.9 Å². The number of pyridine rings is 1. The molecule has 1 aromatic heterocycles. The molecule has 1 aliphatic heterocycles. The van der Waals surface area contributed by atoms with E-state index >= 15 is 0 Å². The van der Waals surface area contributed by atoms with Gasteiger partial charge in [0.05, 0.1) is 23.4 Å². The zero-order valence-corrected chi connectivity index (χ0v) is 19.2. The van der Waals surface area contributed by atoms with Gasteiger partial charge in [0.2, 0.25) is 0 Å². The van der Waals surface area contributed by atoms with Crippen molar-refractivity contribution in [2.24, 2.45) is 5.41 Å². The Kier molecular flexibility index (Phi) is 6.05. The van der Waals surface area contributed by atoms with Crippen LogP contribution >= 0.6 is 11.6 Å². The summed E-state index contributed by atoms with van der Waals surface area (Å²) in [4.78, 5) is 15.7. The quantitative estimate of drug-likeness (QED) is 0.469. The van der Waals surface area contributed by atoms with Gasteiger partial charge in [-0.25, -0.2) is 9.37 Å². The molecule has 2 aromatic rings. The number of carbonyl (C=O) groups excluding carboxylic acids is 1. The standard InChI is InChI=1S/C23H23ClF4N4O3/c24-16-3-1-14(5-17(16)25)35-9-19(33)32-22-10-21(11-22,12-22)20-30-6-13(31-20)8-34-15-2-4-18(29-7-15)23(26,27)28/h1-5,7,13,20,30-31H,6,8-12H2,(H,32,33). The van der Waals surface area contributed by atoms with E-state index in [-0.39, 0.29) is 58.8 Å². The molecule has 3 saturated carbocycles. The molecule has 6 rings (SSSR count). The number of nitrogens with zero attached hydrogens (tertiary/aromatic N) is 1. The molecule has 188 valence electrons. The molecule has 7 nitrogen and oxygen atoms in total. The van der Waals surface area contributed by atoms with Crippen LogP contribution in [-0.2, 0) is 11.0 Å². The van der Waals surface area contributed by atoms with Gasteiger partial charge in [0, 0.05) is 23.6 Å². The van der Waals surface area contributed by atoms with Gasteiger partial charge in [-0.2, -0.15) is 13.2 Å². The van der Waals surface area contributed by atoms with Crippen LogP contribution in [0.2, 0.25) is 5.02 Å². The minimum absolute atomic E-state index is 0.00460. The Morgan fingerprint density at radius 3 is 2.57 bits per heavy atom. The van der Waals surface area contributed by atoms with Crippen molar-refractivity contribution in [3.05, 3.63) is 53.1 Å². The summed E-state index contributed by atoms with van der Waals surface area (Å²) in [6.45, 7) is 0.733. The van der Waals surface area contributed by atoms with E-state index in [9.17, 15) is 22.4 Å². The fraction of sp³-hybridized carbons (Fsp3) is 0.478. The lowest BCUT2D eigenvalue weighted by Gasteiger charge is -2.72. The highest BCUT2D eigenvalue weighted by Gasteiger charge is 2.71. The number of ether oxygens (including phenoxy) is 2. The smallest absolute Gasteiger partial charge is 0.433 e. The molecule has 4 fully saturated rings. The summed E-state index contributed by atoms with van der Waals surface area (Å²) in [5.74, 6) is -0.366. The van der Waals surface area contributed by atoms with Gasteiger partial charge in [-0.1, -0.05) is 11.6 Å². The Balaban J connectivity index is 1.03. The van der Waals surface area contributed by atoms with E-state index in [1.54, 1.807) is 0 Å². The zero-order chi connectivity index (χ0) is 24.8. The summed E-state index contributed by atoms with van der Waals surface area (Å²) in [5, 5.41) is 9.94. The largest absolute Gasteiger partial charge is 0.490 e. The summed E-state index contributed by atoms with van der Waals surface area (Å²) in [6.07, 6.45) is -0.879. The Morgan fingerprint density at radius 1 is 1.17 bits per heavy atom. The lowest BCUT2D eigenvalue weighted by molar-refractivity contribution is -0.183. The first-order valence-electron chi connectivity index (χ1n) is 11.1. The molecule has 2 bridgehead atoms. The van der Waals surface area contributed by atoms with Gasteiger partial charge in [-0.15, -0.1) is 0 Å². The number of rotatable bonds is 8. The molecule has 12 heteroatoms. The number of benzene rings is 1. The second-order valence-electron chi connectivity index (χ2n) is 9.48. The van der Waals surface area contributed by atoms with Crippen molar-refractivity contribution >= 4 is 17.5 Å². The van der Waals surface area contributed by atoms with Gasteiger partial charge in [-0.05, 0) is 43.5 Å². The normalized spacial score (nSPS) is 29.2. The fourth-order valence-electron chi connectivity index (χ4n) is 5.30. The molecule has 1 amide bonds. The van der Waals surface area contributed by atoms with Gasteiger partial charge in [0.1, 0.15) is 29.6 Å². The van der Waals surface area contributed by atoms with Gasteiger partial charge in [0.25, 0.3) is 5.91 Å². The summed E-state index contributed by atoms with van der Waals surface area (Å²) in [5.41, 5.74) is -1.16. The molecule has 3 aliphatic carbocycles. The van der Waals surface area contributed by atoms with E-state index in [1.807, 2.05) is 0 Å². The Bertz CT molecular complexity index is 1100. The first-order valence-corrected chi connectivity index (χ1v) is 11.5. The van der Waals surface area contributed by atoms with Crippen molar-refractivity contribution in [1.29, 1.82) is 0 Å². The number of amides is 1. The maximum absolute atomic E-state index is 13.5. The van der Waals surface area contributed by atoms with Gasteiger partial charge in [0.15, 0.2) is 6.61 Å². The summed E-state index contributed by atoms with van der Waals surface area (Å²) >= 11 is 5.64. The number of alkyl halides is 3. The minimum Gasteiger partial charge on any atom is -0.490 e. The monoisotopic (exact) mass is 514 g/mol. The molecule has 2 unspecified atom stereocenters. The molecule has 35 heavy (non-hydrogen) atoms. The highest BCUT2D eigenvalue weighted by atomic mass is 35.5. The third-order valence-corrected chi connectivity index (χ3v) is 7.10. The number of aromatic nitrogens is 1. The highest BCUT2D eigenvalue weighted by Crippen LogP contribution is 2.68. The van der Waals surface area contributed by atoms with Crippen LogP contribution in [0.1, 0.15) is 25.0 Å². The lowest BCUT2D eigenvalue weighted by atomic mass is 9.38. The zero-order valence-electron chi connectivity index (χ0n) is 18.4. The molecule has 1 aromatic carbocycles. The molecule has 2 heterocycles. The first-order chi connectivity index (χ1) is 16.6. The second-order valence-corrected chi connectivity index (χ2v) is 9.89. The van der Waals surface area contributed by atoms with Crippen molar-refractivity contribution in [1.82, 2.24) is 20.9 Å². The molecular formula is C23H23ClF4N4O3. The van der Waals surface area contributed by atoms with E-state index in [1.165, 1.54) is 18.2 Å². The van der Waals surface area contributed by atoms with Crippen LogP contribution in [0.3, 0.4) is 0 Å². The molecular weight excluding hydrogens is 492 g/mol. The lowest BCUT2D eigenvalue weighted by Crippen LogP contribution is -2.80. The predicted octanol–water partition coefficient (Wildman–Crippen LogP) is 3.28. The number of carbonyl (C=O) groups is 1. The van der Waals surface area contributed by atoms with Crippen LogP contribution in [0.25, 0.3) is 0 Å². The molecule has 1 saturated heterocycles. The minimum atomic E-state index is -4.48. The van der Waals surface area contributed by atoms with Crippen molar-refractivity contribution in [3.63, 3.8) is 0 Å². The van der Waals surface area contributed by atoms with Crippen molar-refractivity contribution < 1.29 is 31.8 Å². The van der Waals surface area contributed by atoms with E-state index < -0.39 is 17.7 Å². The topological polar surface area (TPSA) is 84.5 Å². The van der Waals surface area contributed by atoms with Crippen molar-refractivity contribution in [3.8, 4) is 11.5 Å². The van der Waals surface area contributed by atoms with Crippen molar-refractivity contribution in [2.75, 3.05) is 19.8 Å². The van der Waals surface area contributed by atoms with Crippen LogP contribution < -0.4 is 25.4 Å². The predicted molar refractivity (Wildman–Crippen MR) is 118 cm³/mol. The average Bonchev–Trinajstić information content (AvgIpc) is 3.23. The highest BCUT2D eigenvalue weighted by molar-refractivity contribution is 6.30. The van der Waals surface area contributed by atoms with E-state index in [4.69, 9.17) is 21.1 Å². The summed E-state index contributed by atoms with van der Waals surface area (Å²) in [7, 11) is 0. The van der Waals surface area contributed by atoms with Gasteiger partial charge < -0.3 is 14.8 Å². The molecule has 0 radical (unpaired) electrons. The molecule has 3 N–H and O–H groups in total. The number of hydrogen-bond donors (Lipinski definition) is 3. The molecule has 4 aliphatic rings. The Labute approximate surface area is 203 Å². The Morgan fingerprint density at radius 2 is 1.91 bits per heavy atom. The number of halogens is 5. The van der Waals surface area contributed by atoms with Gasteiger partial charge in [-0.3, -0.25) is 15.4 Å². The van der Waals surface area contributed by atoms with Crippen molar-refractivity contribution in [2.45, 2.75) is 43.2 Å². The SMILES string of the molecule is O=C(COc1ccc(Cl)c(F)c1)NC12CC(C3NCC(COc4ccc(C(F)(F)F)nc4)N3)(C1)C2. The number of nitrogens with one attached hydrogen (secondary N) is 3. The van der Waals surface area contributed by atoms with Gasteiger partial charge >= 0.3 is 6.18 Å². The first kappa shape index (κ1) is 24.1. The average molecular weight is 515 g/mol. The van der Waals surface area contributed by atoms with Crippen LogP contribution in [0.15, 0.2) is 36.5 Å². The maximum Gasteiger partial charge on any atom is 0.433 e. The van der Waals surface area contributed by atoms with Crippen LogP contribution in [0.4, 0.5) is 17.6 Å². The maximum atomic E-state index is 13.5. The fourth-order valence-corrected chi connectivity index (χ4v) is 5.41. The second kappa shape index (κ2) is 8.79.